The van der Waals surface area contributed by atoms with Gasteiger partial charge >= 0.3 is 0 Å². The lowest BCUT2D eigenvalue weighted by molar-refractivity contribution is 0.0322. The average molecular weight is 499 g/mol. The van der Waals surface area contributed by atoms with E-state index in [0.29, 0.717) is 36.0 Å². The van der Waals surface area contributed by atoms with E-state index in [9.17, 15) is 0 Å². The zero-order valence-corrected chi connectivity index (χ0v) is 20.4. The molecule has 0 radical (unpaired) electrons. The lowest BCUT2D eigenvalue weighted by atomic mass is 10.1. The molecule has 0 saturated carbocycles. The molecule has 1 saturated heterocycles. The Kier molecular flexibility index (Phi) is 6.48. The van der Waals surface area contributed by atoms with Gasteiger partial charge in [0.1, 0.15) is 6.61 Å². The molecule has 188 valence electrons. The van der Waals surface area contributed by atoms with Crippen molar-refractivity contribution < 1.29 is 9.47 Å². The van der Waals surface area contributed by atoms with Gasteiger partial charge in [0.05, 0.1) is 50.2 Å². The Morgan fingerprint density at radius 3 is 2.68 bits per heavy atom. The monoisotopic (exact) mass is 498 g/mol. The van der Waals surface area contributed by atoms with Crippen LogP contribution in [0.1, 0.15) is 5.56 Å². The van der Waals surface area contributed by atoms with Crippen LogP contribution in [0.3, 0.4) is 0 Å². The molecule has 4 aromatic heterocycles. The lowest BCUT2D eigenvalue weighted by Gasteiger charge is -2.26. The van der Waals surface area contributed by atoms with Gasteiger partial charge in [-0.3, -0.25) is 9.58 Å². The Morgan fingerprint density at radius 1 is 1.00 bits per heavy atom. The van der Waals surface area contributed by atoms with Crippen molar-refractivity contribution in [2.45, 2.75) is 6.54 Å². The molecule has 12 heteroatoms. The number of morpholine rings is 1. The van der Waals surface area contributed by atoms with E-state index in [1.165, 1.54) is 0 Å². The van der Waals surface area contributed by atoms with Crippen molar-refractivity contribution in [2.75, 3.05) is 39.5 Å². The van der Waals surface area contributed by atoms with Crippen molar-refractivity contribution in [1.82, 2.24) is 49.6 Å². The fraction of sp³-hybridized carbons (Fsp3) is 0.320. The van der Waals surface area contributed by atoms with E-state index < -0.39 is 0 Å². The summed E-state index contributed by atoms with van der Waals surface area (Å²) >= 11 is 0. The Bertz CT molecular complexity index is 1490. The zero-order chi connectivity index (χ0) is 25.0. The highest BCUT2D eigenvalue weighted by Gasteiger charge is 2.13. The number of hydrogen-bond acceptors (Lipinski definition) is 10. The summed E-state index contributed by atoms with van der Waals surface area (Å²) in [5.74, 6) is 1.29. The van der Waals surface area contributed by atoms with Gasteiger partial charge < -0.3 is 9.47 Å². The molecule has 1 aromatic carbocycles. The second-order valence-corrected chi connectivity index (χ2v) is 8.80. The third kappa shape index (κ3) is 5.29. The molecular formula is C25H26N10O2. The van der Waals surface area contributed by atoms with Crippen molar-refractivity contribution in [3.8, 4) is 28.4 Å². The van der Waals surface area contributed by atoms with Gasteiger partial charge in [-0.1, -0.05) is 23.4 Å². The van der Waals surface area contributed by atoms with Gasteiger partial charge in [0.25, 0.3) is 0 Å². The molecule has 0 amide bonds. The van der Waals surface area contributed by atoms with Crippen LogP contribution in [0.4, 0.5) is 0 Å². The van der Waals surface area contributed by atoms with Crippen LogP contribution in [-0.4, -0.2) is 89.1 Å². The smallest absolute Gasteiger partial charge is 0.221 e. The molecule has 5 aromatic rings. The molecule has 0 spiro atoms. The summed E-state index contributed by atoms with van der Waals surface area (Å²) in [6.45, 7) is 5.38. The quantitative estimate of drug-likeness (QED) is 0.313. The summed E-state index contributed by atoms with van der Waals surface area (Å²) in [5.41, 5.74) is 4.64. The van der Waals surface area contributed by atoms with E-state index in [0.717, 1.165) is 55.2 Å². The van der Waals surface area contributed by atoms with Crippen LogP contribution in [0.5, 0.6) is 5.75 Å². The third-order valence-corrected chi connectivity index (χ3v) is 6.15. The van der Waals surface area contributed by atoms with Crippen molar-refractivity contribution in [1.29, 1.82) is 0 Å². The lowest BCUT2D eigenvalue weighted by Crippen LogP contribution is -2.38. The maximum Gasteiger partial charge on any atom is 0.221 e. The number of fused-ring (bicyclic) bond motifs is 1. The summed E-state index contributed by atoms with van der Waals surface area (Å²) in [6, 6.07) is 8.03. The van der Waals surface area contributed by atoms with Gasteiger partial charge in [-0.25, -0.2) is 24.6 Å². The Balaban J connectivity index is 1.14. The predicted octanol–water partition coefficient (Wildman–Crippen LogP) is 1.84. The fourth-order valence-corrected chi connectivity index (χ4v) is 4.19. The number of hydrogen-bond donors (Lipinski definition) is 0. The normalized spacial score (nSPS) is 14.3. The Hall–Kier alpha value is -4.29. The van der Waals surface area contributed by atoms with Gasteiger partial charge in [0.2, 0.25) is 5.65 Å². The molecule has 0 unspecified atom stereocenters. The summed E-state index contributed by atoms with van der Waals surface area (Å²) in [5, 5.41) is 12.7. The maximum atomic E-state index is 5.83. The molecule has 0 aliphatic carbocycles. The SMILES string of the molecule is Cn1cc(-c2cnc3nnn(Cc4cccc(-c5ncc(OCCN6CCOCC6)cn5)c4)c3n2)cn1. The first-order chi connectivity index (χ1) is 18.2. The van der Waals surface area contributed by atoms with E-state index in [2.05, 4.69) is 35.3 Å². The molecule has 1 fully saturated rings. The van der Waals surface area contributed by atoms with Crippen LogP contribution in [0.2, 0.25) is 0 Å². The molecule has 5 heterocycles. The second kappa shape index (κ2) is 10.4. The van der Waals surface area contributed by atoms with Crippen LogP contribution in [0.15, 0.2) is 55.2 Å². The van der Waals surface area contributed by atoms with Gasteiger partial charge in [-0.05, 0) is 11.6 Å². The van der Waals surface area contributed by atoms with Crippen molar-refractivity contribution in [3.05, 3.63) is 60.8 Å². The van der Waals surface area contributed by atoms with Crippen molar-refractivity contribution >= 4 is 11.3 Å². The minimum absolute atomic E-state index is 0.484. The predicted molar refractivity (Wildman–Crippen MR) is 135 cm³/mol. The Labute approximate surface area is 212 Å². The number of benzene rings is 1. The molecule has 37 heavy (non-hydrogen) atoms. The highest BCUT2D eigenvalue weighted by Crippen LogP contribution is 2.21. The van der Waals surface area contributed by atoms with Gasteiger partial charge in [0, 0.05) is 44.0 Å². The highest BCUT2D eigenvalue weighted by atomic mass is 16.5. The van der Waals surface area contributed by atoms with Crippen molar-refractivity contribution in [2.24, 2.45) is 7.05 Å². The zero-order valence-electron chi connectivity index (χ0n) is 20.4. The molecule has 1 aliphatic rings. The van der Waals surface area contributed by atoms with E-state index >= 15 is 0 Å². The number of aromatic nitrogens is 9. The minimum atomic E-state index is 0.484. The first kappa shape index (κ1) is 23.1. The number of rotatable bonds is 8. The highest BCUT2D eigenvalue weighted by molar-refractivity contribution is 5.69. The van der Waals surface area contributed by atoms with E-state index in [1.54, 1.807) is 34.2 Å². The second-order valence-electron chi connectivity index (χ2n) is 8.80. The van der Waals surface area contributed by atoms with Gasteiger partial charge in [-0.2, -0.15) is 5.10 Å². The minimum Gasteiger partial charge on any atom is -0.489 e. The number of aryl methyl sites for hydroxylation is 1. The standard InChI is InChI=1S/C25H26N10O2/c1-33-17-20(12-29-33)22-15-28-24-25(30-22)35(32-31-24)16-18-3-2-4-19(11-18)23-26-13-21(14-27-23)37-10-7-34-5-8-36-9-6-34/h2-4,11-15,17H,5-10,16H2,1H3. The molecular weight excluding hydrogens is 472 g/mol. The number of nitrogens with zero attached hydrogens (tertiary/aromatic N) is 10. The molecule has 0 N–H and O–H groups in total. The van der Waals surface area contributed by atoms with E-state index in [1.807, 2.05) is 37.5 Å². The summed E-state index contributed by atoms with van der Waals surface area (Å²) in [4.78, 5) is 20.5. The topological polar surface area (TPSA) is 122 Å². The molecule has 1 aliphatic heterocycles. The van der Waals surface area contributed by atoms with Crippen LogP contribution in [0.25, 0.3) is 33.9 Å². The Morgan fingerprint density at radius 2 is 1.86 bits per heavy atom. The maximum absolute atomic E-state index is 5.83. The third-order valence-electron chi connectivity index (χ3n) is 6.15. The molecule has 0 bridgehead atoms. The largest absolute Gasteiger partial charge is 0.489 e. The van der Waals surface area contributed by atoms with Crippen LogP contribution in [0, 0.1) is 0 Å². The fourth-order valence-electron chi connectivity index (χ4n) is 4.19. The first-order valence-corrected chi connectivity index (χ1v) is 12.1. The molecule has 12 nitrogen and oxygen atoms in total. The average Bonchev–Trinajstić information content (AvgIpc) is 3.55. The first-order valence-electron chi connectivity index (χ1n) is 12.1. The van der Waals surface area contributed by atoms with E-state index in [-0.39, 0.29) is 0 Å². The van der Waals surface area contributed by atoms with Crippen molar-refractivity contribution in [3.63, 3.8) is 0 Å². The summed E-state index contributed by atoms with van der Waals surface area (Å²) in [7, 11) is 1.87. The van der Waals surface area contributed by atoms with Crippen LogP contribution in [-0.2, 0) is 18.3 Å². The summed E-state index contributed by atoms with van der Waals surface area (Å²) in [6.07, 6.45) is 8.78. The van der Waals surface area contributed by atoms with Gasteiger partial charge in [-0.15, -0.1) is 5.10 Å². The summed E-state index contributed by atoms with van der Waals surface area (Å²) < 4.78 is 14.7. The number of ether oxygens (including phenoxy) is 2. The van der Waals surface area contributed by atoms with Crippen LogP contribution >= 0.6 is 0 Å². The molecule has 6 rings (SSSR count). The van der Waals surface area contributed by atoms with Crippen LogP contribution < -0.4 is 4.74 Å². The molecule has 0 atom stereocenters. The van der Waals surface area contributed by atoms with E-state index in [4.69, 9.17) is 14.5 Å². The van der Waals surface area contributed by atoms with Gasteiger partial charge in [0.15, 0.2) is 17.2 Å².